The lowest BCUT2D eigenvalue weighted by Crippen LogP contribution is -2.54. The lowest BCUT2D eigenvalue weighted by molar-refractivity contribution is 0.208. The van der Waals surface area contributed by atoms with E-state index in [4.69, 9.17) is 8.23 Å². The van der Waals surface area contributed by atoms with Crippen molar-refractivity contribution in [2.24, 2.45) is 0 Å². The highest BCUT2D eigenvalue weighted by Gasteiger charge is 2.39. The first kappa shape index (κ1) is 17.5. The summed E-state index contributed by atoms with van der Waals surface area (Å²) >= 11 is 0. The Bertz CT molecular complexity index is 242. The van der Waals surface area contributed by atoms with Crippen molar-refractivity contribution >= 4 is 25.2 Å². The fourth-order valence-electron chi connectivity index (χ4n) is 2.14. The molecule has 0 aliphatic heterocycles. The van der Waals surface area contributed by atoms with Crippen molar-refractivity contribution in [3.8, 4) is 0 Å². The first-order chi connectivity index (χ1) is 7.39. The van der Waals surface area contributed by atoms with Crippen molar-refractivity contribution in [1.82, 2.24) is 0 Å². The van der Waals surface area contributed by atoms with Gasteiger partial charge >= 0.3 is 8.56 Å². The summed E-state index contributed by atoms with van der Waals surface area (Å²) in [6, 6.07) is 0.716. The standard InChI is InChI=1S/C10H28O4Si3/c1-10(12)8-15(2,3)13-17(6,7)14-16(4,5)9-11/h10-12H,8-9H2,1-7H3/t10-/m0/s1. The van der Waals surface area contributed by atoms with Crippen molar-refractivity contribution in [3.05, 3.63) is 0 Å². The number of hydrogen-bond donors (Lipinski definition) is 2. The molecule has 0 spiro atoms. The molecule has 0 saturated heterocycles. The van der Waals surface area contributed by atoms with Crippen LogP contribution in [-0.4, -0.2) is 47.7 Å². The molecule has 1 atom stereocenters. The molecule has 0 aromatic heterocycles. The van der Waals surface area contributed by atoms with Gasteiger partial charge in [-0.05, 0) is 52.2 Å². The fourth-order valence-corrected chi connectivity index (χ4v) is 15.3. The van der Waals surface area contributed by atoms with E-state index < -0.39 is 25.2 Å². The molecule has 0 heterocycles. The lowest BCUT2D eigenvalue weighted by Gasteiger charge is -2.38. The zero-order valence-corrected chi connectivity index (χ0v) is 15.2. The molecule has 0 rings (SSSR count). The minimum Gasteiger partial charge on any atom is -0.436 e. The van der Waals surface area contributed by atoms with Gasteiger partial charge in [-0.15, -0.1) is 0 Å². The van der Waals surface area contributed by atoms with E-state index in [1.54, 1.807) is 6.92 Å². The lowest BCUT2D eigenvalue weighted by atomic mass is 10.5. The topological polar surface area (TPSA) is 58.9 Å². The van der Waals surface area contributed by atoms with E-state index in [0.717, 1.165) is 0 Å². The second kappa shape index (κ2) is 6.09. The van der Waals surface area contributed by atoms with Crippen molar-refractivity contribution in [2.75, 3.05) is 6.23 Å². The Balaban J connectivity index is 4.53. The third-order valence-electron chi connectivity index (χ3n) is 2.21. The Morgan fingerprint density at radius 2 is 1.35 bits per heavy atom. The molecular weight excluding hydrogens is 268 g/mol. The van der Waals surface area contributed by atoms with Gasteiger partial charge in [-0.25, -0.2) is 0 Å². The predicted molar refractivity (Wildman–Crippen MR) is 78.2 cm³/mol. The third kappa shape index (κ3) is 8.25. The smallest absolute Gasteiger partial charge is 0.311 e. The second-order valence-electron chi connectivity index (χ2n) is 6.33. The molecule has 17 heavy (non-hydrogen) atoms. The van der Waals surface area contributed by atoms with Crippen LogP contribution in [0.2, 0.25) is 45.3 Å². The van der Waals surface area contributed by atoms with Crippen molar-refractivity contribution in [3.63, 3.8) is 0 Å². The largest absolute Gasteiger partial charge is 0.436 e. The molecule has 2 N–H and O–H groups in total. The van der Waals surface area contributed by atoms with Gasteiger partial charge in [0.25, 0.3) is 0 Å². The molecule has 4 nitrogen and oxygen atoms in total. The van der Waals surface area contributed by atoms with Crippen molar-refractivity contribution in [2.45, 2.75) is 58.4 Å². The van der Waals surface area contributed by atoms with E-state index in [9.17, 15) is 10.2 Å². The SMILES string of the molecule is C[C@H](O)C[Si](C)(C)O[Si](C)(C)O[Si](C)(C)CO. The number of aliphatic hydroxyl groups excluding tert-OH is 2. The van der Waals surface area contributed by atoms with Crippen LogP contribution in [0.25, 0.3) is 0 Å². The Morgan fingerprint density at radius 3 is 1.71 bits per heavy atom. The van der Waals surface area contributed by atoms with E-state index in [1.807, 2.05) is 26.2 Å². The van der Waals surface area contributed by atoms with E-state index in [0.29, 0.717) is 6.04 Å². The van der Waals surface area contributed by atoms with Gasteiger partial charge in [-0.1, -0.05) is 0 Å². The Labute approximate surface area is 108 Å². The van der Waals surface area contributed by atoms with Gasteiger partial charge in [-0.3, -0.25) is 0 Å². The number of hydrogen-bond acceptors (Lipinski definition) is 4. The molecular formula is C10H28O4Si3. The van der Waals surface area contributed by atoms with Gasteiger partial charge in [0.2, 0.25) is 8.32 Å². The maximum atomic E-state index is 9.46. The van der Waals surface area contributed by atoms with Crippen LogP contribution in [0.4, 0.5) is 0 Å². The van der Waals surface area contributed by atoms with E-state index in [-0.39, 0.29) is 12.3 Å². The summed E-state index contributed by atoms with van der Waals surface area (Å²) in [6.45, 7) is 14.0. The quantitative estimate of drug-likeness (QED) is 0.706. The highest BCUT2D eigenvalue weighted by molar-refractivity contribution is 6.87. The minimum atomic E-state index is -2.21. The summed E-state index contributed by atoms with van der Waals surface area (Å²) in [5, 5.41) is 18.7. The summed E-state index contributed by atoms with van der Waals surface area (Å²) in [5.74, 6) is 0. The van der Waals surface area contributed by atoms with Crippen molar-refractivity contribution < 1.29 is 18.4 Å². The molecule has 0 aliphatic carbocycles. The summed E-state index contributed by atoms with van der Waals surface area (Å²) < 4.78 is 12.2. The van der Waals surface area contributed by atoms with E-state index in [1.165, 1.54) is 0 Å². The summed E-state index contributed by atoms with van der Waals surface area (Å²) in [7, 11) is -6.10. The van der Waals surface area contributed by atoms with Crippen LogP contribution in [-0.2, 0) is 8.23 Å². The monoisotopic (exact) mass is 296 g/mol. The van der Waals surface area contributed by atoms with E-state index >= 15 is 0 Å². The van der Waals surface area contributed by atoms with Gasteiger partial charge in [0.15, 0.2) is 8.32 Å². The Kier molecular flexibility index (Phi) is 6.27. The molecule has 0 bridgehead atoms. The molecule has 0 saturated carbocycles. The first-order valence-electron chi connectivity index (χ1n) is 6.08. The van der Waals surface area contributed by atoms with Crippen LogP contribution in [0.5, 0.6) is 0 Å². The maximum Gasteiger partial charge on any atom is 0.311 e. The van der Waals surface area contributed by atoms with Gasteiger partial charge in [-0.2, -0.15) is 0 Å². The number of aliphatic hydroxyl groups is 2. The molecule has 0 aromatic rings. The Hall–Kier alpha value is 0.491. The van der Waals surface area contributed by atoms with Gasteiger partial charge in [0.1, 0.15) is 0 Å². The molecule has 0 aliphatic rings. The molecule has 0 unspecified atom stereocenters. The summed E-state index contributed by atoms with van der Waals surface area (Å²) in [6.07, 6.45) is -0.213. The molecule has 0 aromatic carbocycles. The van der Waals surface area contributed by atoms with Gasteiger partial charge in [0, 0.05) is 0 Å². The molecule has 104 valence electrons. The Morgan fingerprint density at radius 1 is 0.941 bits per heavy atom. The van der Waals surface area contributed by atoms with Gasteiger partial charge in [0.05, 0.1) is 12.3 Å². The molecule has 0 amide bonds. The van der Waals surface area contributed by atoms with E-state index in [2.05, 4.69) is 13.1 Å². The first-order valence-corrected chi connectivity index (χ1v) is 15.1. The summed E-state index contributed by atoms with van der Waals surface area (Å²) in [5.41, 5.74) is 0. The van der Waals surface area contributed by atoms with Crippen LogP contribution in [0.1, 0.15) is 6.92 Å². The van der Waals surface area contributed by atoms with Crippen LogP contribution in [0.3, 0.4) is 0 Å². The number of rotatable bonds is 7. The highest BCUT2D eigenvalue weighted by Crippen LogP contribution is 2.23. The zero-order chi connectivity index (χ0) is 13.9. The third-order valence-corrected chi connectivity index (χ3v) is 12.9. The molecule has 7 heteroatoms. The second-order valence-corrected chi connectivity index (χ2v) is 18.5. The highest BCUT2D eigenvalue weighted by atomic mass is 28.5. The summed E-state index contributed by atoms with van der Waals surface area (Å²) in [4.78, 5) is 0. The fraction of sp³-hybridized carbons (Fsp3) is 1.00. The average Bonchev–Trinajstić information content (AvgIpc) is 1.96. The zero-order valence-electron chi connectivity index (χ0n) is 12.2. The van der Waals surface area contributed by atoms with Crippen LogP contribution >= 0.6 is 0 Å². The van der Waals surface area contributed by atoms with Gasteiger partial charge < -0.3 is 18.4 Å². The van der Waals surface area contributed by atoms with Crippen LogP contribution in [0.15, 0.2) is 0 Å². The van der Waals surface area contributed by atoms with Crippen LogP contribution < -0.4 is 0 Å². The molecule has 0 radical (unpaired) electrons. The predicted octanol–water partition coefficient (Wildman–Crippen LogP) is 2.04. The minimum absolute atomic E-state index is 0.116. The normalized spacial score (nSPS) is 16.1. The maximum absolute atomic E-state index is 9.46. The molecule has 0 fully saturated rings. The van der Waals surface area contributed by atoms with Crippen molar-refractivity contribution in [1.29, 1.82) is 0 Å². The van der Waals surface area contributed by atoms with Crippen LogP contribution in [0, 0.1) is 0 Å². The average molecular weight is 297 g/mol.